The number of fused-ring (bicyclic) bond motifs is 1. The lowest BCUT2D eigenvalue weighted by Gasteiger charge is -2.07. The van der Waals surface area contributed by atoms with E-state index in [2.05, 4.69) is 22.1 Å². The molecule has 0 spiro atoms. The van der Waals surface area contributed by atoms with E-state index in [9.17, 15) is 12.8 Å². The highest BCUT2D eigenvalue weighted by Crippen LogP contribution is 2.23. The second-order valence-corrected chi connectivity index (χ2v) is 7.71. The van der Waals surface area contributed by atoms with Crippen molar-refractivity contribution in [3.63, 3.8) is 0 Å². The fourth-order valence-corrected chi connectivity index (χ4v) is 3.80. The van der Waals surface area contributed by atoms with Gasteiger partial charge in [0.25, 0.3) is 10.0 Å². The normalized spacial score (nSPS) is 14.5. The molecule has 0 heterocycles. The molecule has 0 bridgehead atoms. The molecule has 0 saturated carbocycles. The first-order valence-electron chi connectivity index (χ1n) is 7.83. The van der Waals surface area contributed by atoms with Crippen molar-refractivity contribution < 1.29 is 12.8 Å². The maximum atomic E-state index is 12.9. The molecule has 0 unspecified atom stereocenters. The molecule has 24 heavy (non-hydrogen) atoms. The van der Waals surface area contributed by atoms with Gasteiger partial charge in [-0.1, -0.05) is 24.3 Å². The SMILES string of the molecule is C/C(=N\NS(=O)(=O)Cc1ccc(F)cc1)c1ccc2c(c1)CCC2. The first kappa shape index (κ1) is 16.6. The van der Waals surface area contributed by atoms with Gasteiger partial charge in [0, 0.05) is 0 Å². The Bertz CT molecular complexity index is 874. The Labute approximate surface area is 141 Å². The van der Waals surface area contributed by atoms with Gasteiger partial charge in [0.2, 0.25) is 0 Å². The van der Waals surface area contributed by atoms with Gasteiger partial charge in [0.1, 0.15) is 5.82 Å². The van der Waals surface area contributed by atoms with Crippen molar-refractivity contribution in [2.45, 2.75) is 31.9 Å². The second kappa shape index (κ2) is 6.73. The van der Waals surface area contributed by atoms with Gasteiger partial charge in [-0.3, -0.25) is 0 Å². The van der Waals surface area contributed by atoms with Gasteiger partial charge >= 0.3 is 0 Å². The molecule has 1 aliphatic carbocycles. The molecule has 126 valence electrons. The van der Waals surface area contributed by atoms with E-state index in [1.165, 1.54) is 41.8 Å². The number of hydrazone groups is 1. The molecule has 0 saturated heterocycles. The number of nitrogens with zero attached hydrogens (tertiary/aromatic N) is 1. The summed E-state index contributed by atoms with van der Waals surface area (Å²) >= 11 is 0. The van der Waals surface area contributed by atoms with E-state index in [1.807, 2.05) is 6.07 Å². The van der Waals surface area contributed by atoms with Crippen LogP contribution in [0.5, 0.6) is 0 Å². The predicted octanol–water partition coefficient (Wildman–Crippen LogP) is 3.16. The number of sulfonamides is 1. The van der Waals surface area contributed by atoms with Crippen LogP contribution >= 0.6 is 0 Å². The Balaban J connectivity index is 1.70. The molecule has 0 aromatic heterocycles. The van der Waals surface area contributed by atoms with Crippen LogP contribution < -0.4 is 4.83 Å². The first-order chi connectivity index (χ1) is 11.4. The van der Waals surface area contributed by atoms with Crippen LogP contribution in [0.3, 0.4) is 0 Å². The predicted molar refractivity (Wildman–Crippen MR) is 92.8 cm³/mol. The smallest absolute Gasteiger partial charge is 0.207 e. The summed E-state index contributed by atoms with van der Waals surface area (Å²) < 4.78 is 37.1. The monoisotopic (exact) mass is 346 g/mol. The van der Waals surface area contributed by atoms with Crippen LogP contribution in [0.15, 0.2) is 47.6 Å². The van der Waals surface area contributed by atoms with Crippen LogP contribution in [-0.2, 0) is 28.6 Å². The molecule has 0 aliphatic heterocycles. The van der Waals surface area contributed by atoms with Gasteiger partial charge < -0.3 is 0 Å². The third kappa shape index (κ3) is 4.00. The zero-order chi connectivity index (χ0) is 17.2. The van der Waals surface area contributed by atoms with E-state index in [0.29, 0.717) is 11.3 Å². The van der Waals surface area contributed by atoms with Crippen LogP contribution in [-0.4, -0.2) is 14.1 Å². The molecular weight excluding hydrogens is 327 g/mol. The standard InChI is InChI=1S/C18H19FN2O2S/c1-13(16-8-7-15-3-2-4-17(15)11-16)20-21-24(22,23)12-14-5-9-18(19)10-6-14/h5-11,21H,2-4,12H2,1H3/b20-13+. The van der Waals surface area contributed by atoms with Gasteiger partial charge in [-0.25, -0.2) is 17.6 Å². The summed E-state index contributed by atoms with van der Waals surface area (Å²) in [5, 5.41) is 4.01. The number of rotatable bonds is 5. The maximum Gasteiger partial charge on any atom is 0.251 e. The van der Waals surface area contributed by atoms with Crippen molar-refractivity contribution in [1.29, 1.82) is 0 Å². The number of nitrogens with one attached hydrogen (secondary N) is 1. The molecule has 2 aromatic rings. The molecule has 4 nitrogen and oxygen atoms in total. The quantitative estimate of drug-likeness (QED) is 0.668. The summed E-state index contributed by atoms with van der Waals surface area (Å²) in [5.74, 6) is -0.636. The summed E-state index contributed by atoms with van der Waals surface area (Å²) in [4.78, 5) is 2.25. The number of halogens is 1. The molecule has 0 atom stereocenters. The summed E-state index contributed by atoms with van der Waals surface area (Å²) in [6.45, 7) is 1.77. The highest BCUT2D eigenvalue weighted by molar-refractivity contribution is 7.88. The van der Waals surface area contributed by atoms with Crippen molar-refractivity contribution in [1.82, 2.24) is 4.83 Å². The number of hydrogen-bond donors (Lipinski definition) is 1. The third-order valence-electron chi connectivity index (χ3n) is 4.14. The van der Waals surface area contributed by atoms with Crippen molar-refractivity contribution >= 4 is 15.7 Å². The van der Waals surface area contributed by atoms with Crippen molar-refractivity contribution in [3.8, 4) is 0 Å². The van der Waals surface area contributed by atoms with E-state index in [-0.39, 0.29) is 5.75 Å². The third-order valence-corrected chi connectivity index (χ3v) is 5.22. The van der Waals surface area contributed by atoms with Crippen LogP contribution in [0.4, 0.5) is 4.39 Å². The second-order valence-electron chi connectivity index (χ2n) is 6.01. The topological polar surface area (TPSA) is 58.5 Å². The Kier molecular flexibility index (Phi) is 4.66. The van der Waals surface area contributed by atoms with E-state index >= 15 is 0 Å². The van der Waals surface area contributed by atoms with E-state index in [0.717, 1.165) is 18.4 Å². The number of aryl methyl sites for hydroxylation is 2. The Hall–Kier alpha value is -2.21. The largest absolute Gasteiger partial charge is 0.251 e. The maximum absolute atomic E-state index is 12.9. The summed E-state index contributed by atoms with van der Waals surface area (Å²) in [7, 11) is -3.62. The van der Waals surface area contributed by atoms with Crippen LogP contribution in [0.2, 0.25) is 0 Å². The Morgan fingerprint density at radius 2 is 1.83 bits per heavy atom. The Morgan fingerprint density at radius 1 is 1.12 bits per heavy atom. The van der Waals surface area contributed by atoms with Crippen molar-refractivity contribution in [2.24, 2.45) is 5.10 Å². The Morgan fingerprint density at radius 3 is 2.58 bits per heavy atom. The average Bonchev–Trinajstić information content (AvgIpc) is 3.02. The lowest BCUT2D eigenvalue weighted by molar-refractivity contribution is 0.583. The fourth-order valence-electron chi connectivity index (χ4n) is 2.83. The van der Waals surface area contributed by atoms with Crippen LogP contribution in [0.25, 0.3) is 0 Å². The zero-order valence-corrected chi connectivity index (χ0v) is 14.2. The molecule has 0 amide bonds. The van der Waals surface area contributed by atoms with Crippen molar-refractivity contribution in [2.75, 3.05) is 0 Å². The zero-order valence-electron chi connectivity index (χ0n) is 13.4. The van der Waals surface area contributed by atoms with Gasteiger partial charge in [-0.05, 0) is 66.6 Å². The summed E-state index contributed by atoms with van der Waals surface area (Å²) in [6, 6.07) is 11.5. The molecule has 2 aromatic carbocycles. The van der Waals surface area contributed by atoms with Gasteiger partial charge in [-0.15, -0.1) is 0 Å². The first-order valence-corrected chi connectivity index (χ1v) is 9.48. The minimum atomic E-state index is -3.62. The summed E-state index contributed by atoms with van der Waals surface area (Å²) in [6.07, 6.45) is 3.34. The van der Waals surface area contributed by atoms with E-state index in [1.54, 1.807) is 6.92 Å². The fraction of sp³-hybridized carbons (Fsp3) is 0.278. The minimum absolute atomic E-state index is 0.242. The lowest BCUT2D eigenvalue weighted by atomic mass is 10.0. The number of hydrogen-bond acceptors (Lipinski definition) is 3. The molecule has 1 aliphatic rings. The van der Waals surface area contributed by atoms with Gasteiger partial charge in [0.05, 0.1) is 11.5 Å². The molecule has 6 heteroatoms. The summed E-state index contributed by atoms with van der Waals surface area (Å²) in [5.41, 5.74) is 4.72. The van der Waals surface area contributed by atoms with Crippen LogP contribution in [0, 0.1) is 5.82 Å². The minimum Gasteiger partial charge on any atom is -0.207 e. The van der Waals surface area contributed by atoms with E-state index < -0.39 is 15.8 Å². The molecular formula is C18H19FN2O2S. The highest BCUT2D eigenvalue weighted by Gasteiger charge is 2.13. The van der Waals surface area contributed by atoms with E-state index in [4.69, 9.17) is 0 Å². The van der Waals surface area contributed by atoms with Crippen LogP contribution in [0.1, 0.15) is 35.6 Å². The highest BCUT2D eigenvalue weighted by atomic mass is 32.2. The van der Waals surface area contributed by atoms with Crippen molar-refractivity contribution in [3.05, 3.63) is 70.5 Å². The molecule has 3 rings (SSSR count). The lowest BCUT2D eigenvalue weighted by Crippen LogP contribution is -2.21. The molecule has 1 N–H and O–H groups in total. The molecule has 0 radical (unpaired) electrons. The average molecular weight is 346 g/mol. The van der Waals surface area contributed by atoms with Gasteiger partial charge in [0.15, 0.2) is 0 Å². The van der Waals surface area contributed by atoms with Gasteiger partial charge in [-0.2, -0.15) is 5.10 Å². The number of benzene rings is 2. The molecule has 0 fully saturated rings.